The fourth-order valence-corrected chi connectivity index (χ4v) is 3.08. The first-order valence-electron chi connectivity index (χ1n) is 6.24. The monoisotopic (exact) mass is 303 g/mol. The Kier molecular flexibility index (Phi) is 5.24. The SMILES string of the molecule is CCC(C)C(C)NS(=O)(=O)c1cc(C(=O)O)ccc1F. The summed E-state index contributed by atoms with van der Waals surface area (Å²) in [5.74, 6) is -2.20. The van der Waals surface area contributed by atoms with Gasteiger partial charge in [-0.3, -0.25) is 0 Å². The summed E-state index contributed by atoms with van der Waals surface area (Å²) >= 11 is 0. The van der Waals surface area contributed by atoms with Crippen molar-refractivity contribution in [2.24, 2.45) is 5.92 Å². The van der Waals surface area contributed by atoms with Crippen molar-refractivity contribution in [2.45, 2.75) is 38.1 Å². The molecule has 5 nitrogen and oxygen atoms in total. The van der Waals surface area contributed by atoms with Crippen LogP contribution < -0.4 is 4.72 Å². The Bertz CT molecular complexity index is 600. The van der Waals surface area contributed by atoms with Gasteiger partial charge in [0.1, 0.15) is 10.7 Å². The molecule has 1 aromatic carbocycles. The van der Waals surface area contributed by atoms with Gasteiger partial charge in [0.15, 0.2) is 0 Å². The molecule has 0 amide bonds. The van der Waals surface area contributed by atoms with Crippen molar-refractivity contribution in [3.63, 3.8) is 0 Å². The van der Waals surface area contributed by atoms with Crippen LogP contribution in [-0.4, -0.2) is 25.5 Å². The molecule has 112 valence electrons. The molecule has 0 bridgehead atoms. The minimum Gasteiger partial charge on any atom is -0.478 e. The molecule has 1 rings (SSSR count). The van der Waals surface area contributed by atoms with Gasteiger partial charge in [-0.1, -0.05) is 20.3 Å². The van der Waals surface area contributed by atoms with Crippen LogP contribution in [-0.2, 0) is 10.0 Å². The highest BCUT2D eigenvalue weighted by Crippen LogP contribution is 2.18. The molecule has 0 fully saturated rings. The fraction of sp³-hybridized carbons (Fsp3) is 0.462. The highest BCUT2D eigenvalue weighted by molar-refractivity contribution is 7.89. The summed E-state index contributed by atoms with van der Waals surface area (Å²) in [4.78, 5) is 10.2. The van der Waals surface area contributed by atoms with E-state index in [1.807, 2.05) is 13.8 Å². The van der Waals surface area contributed by atoms with Crippen LogP contribution in [0.15, 0.2) is 23.1 Å². The lowest BCUT2D eigenvalue weighted by atomic mass is 10.0. The molecule has 0 radical (unpaired) electrons. The molecule has 2 atom stereocenters. The van der Waals surface area contributed by atoms with Crippen LogP contribution in [0.3, 0.4) is 0 Å². The summed E-state index contributed by atoms with van der Waals surface area (Å²) in [7, 11) is -4.09. The summed E-state index contributed by atoms with van der Waals surface area (Å²) < 4.78 is 40.2. The Morgan fingerprint density at radius 2 is 2.00 bits per heavy atom. The second kappa shape index (κ2) is 6.32. The molecule has 7 heteroatoms. The van der Waals surface area contributed by atoms with Gasteiger partial charge in [0, 0.05) is 6.04 Å². The molecule has 1 aromatic rings. The van der Waals surface area contributed by atoms with Crippen LogP contribution in [0, 0.1) is 11.7 Å². The molecule has 0 aliphatic rings. The number of sulfonamides is 1. The third kappa shape index (κ3) is 3.77. The highest BCUT2D eigenvalue weighted by Gasteiger charge is 2.24. The van der Waals surface area contributed by atoms with Crippen LogP contribution >= 0.6 is 0 Å². The molecule has 2 N–H and O–H groups in total. The van der Waals surface area contributed by atoms with Crippen molar-refractivity contribution in [3.05, 3.63) is 29.6 Å². The minimum atomic E-state index is -4.09. The van der Waals surface area contributed by atoms with E-state index in [0.29, 0.717) is 0 Å². The number of carbonyl (C=O) groups is 1. The van der Waals surface area contributed by atoms with E-state index in [2.05, 4.69) is 4.72 Å². The van der Waals surface area contributed by atoms with Gasteiger partial charge >= 0.3 is 5.97 Å². The number of aromatic carboxylic acids is 1. The van der Waals surface area contributed by atoms with Crippen molar-refractivity contribution >= 4 is 16.0 Å². The smallest absolute Gasteiger partial charge is 0.335 e. The van der Waals surface area contributed by atoms with Gasteiger partial charge in [-0.15, -0.1) is 0 Å². The van der Waals surface area contributed by atoms with Crippen LogP contribution in [0.5, 0.6) is 0 Å². The van der Waals surface area contributed by atoms with Gasteiger partial charge in [0.25, 0.3) is 0 Å². The zero-order chi connectivity index (χ0) is 15.5. The molecule has 0 aromatic heterocycles. The van der Waals surface area contributed by atoms with Gasteiger partial charge in [0.05, 0.1) is 5.56 Å². The summed E-state index contributed by atoms with van der Waals surface area (Å²) in [6.07, 6.45) is 0.765. The zero-order valence-electron chi connectivity index (χ0n) is 11.6. The molecule has 2 unspecified atom stereocenters. The van der Waals surface area contributed by atoms with Gasteiger partial charge in [0.2, 0.25) is 10.0 Å². The summed E-state index contributed by atoms with van der Waals surface area (Å²) in [6.45, 7) is 5.48. The van der Waals surface area contributed by atoms with Gasteiger partial charge < -0.3 is 5.11 Å². The van der Waals surface area contributed by atoms with Crippen molar-refractivity contribution < 1.29 is 22.7 Å². The molecular formula is C13H18FNO4S. The number of rotatable bonds is 6. The maximum atomic E-state index is 13.6. The van der Waals surface area contributed by atoms with E-state index in [4.69, 9.17) is 5.11 Å². The van der Waals surface area contributed by atoms with Crippen molar-refractivity contribution in [2.75, 3.05) is 0 Å². The van der Waals surface area contributed by atoms with Gasteiger partial charge in [-0.25, -0.2) is 22.3 Å². The third-order valence-corrected chi connectivity index (χ3v) is 4.88. The number of hydrogen-bond acceptors (Lipinski definition) is 3. The fourth-order valence-electron chi connectivity index (χ4n) is 1.62. The number of halogens is 1. The summed E-state index contributed by atoms with van der Waals surface area (Å²) in [5.41, 5.74) is -0.275. The molecule has 0 saturated heterocycles. The maximum absolute atomic E-state index is 13.6. The molecule has 0 aliphatic carbocycles. The first-order valence-corrected chi connectivity index (χ1v) is 7.72. The molecule has 0 spiro atoms. The Hall–Kier alpha value is -1.47. The van der Waals surface area contributed by atoms with E-state index in [9.17, 15) is 17.6 Å². The van der Waals surface area contributed by atoms with E-state index in [-0.39, 0.29) is 17.5 Å². The number of benzene rings is 1. The lowest BCUT2D eigenvalue weighted by Gasteiger charge is -2.20. The van der Waals surface area contributed by atoms with Crippen LogP contribution in [0.4, 0.5) is 4.39 Å². The first-order chi connectivity index (χ1) is 9.19. The quantitative estimate of drug-likeness (QED) is 0.844. The second-order valence-electron chi connectivity index (χ2n) is 4.75. The predicted molar refractivity (Wildman–Crippen MR) is 72.6 cm³/mol. The average molecular weight is 303 g/mol. The second-order valence-corrected chi connectivity index (χ2v) is 6.43. The van der Waals surface area contributed by atoms with E-state index < -0.39 is 26.7 Å². The van der Waals surface area contributed by atoms with E-state index in [1.54, 1.807) is 6.92 Å². The van der Waals surface area contributed by atoms with E-state index in [1.165, 1.54) is 0 Å². The van der Waals surface area contributed by atoms with Crippen molar-refractivity contribution in [1.29, 1.82) is 0 Å². The maximum Gasteiger partial charge on any atom is 0.335 e. The molecular weight excluding hydrogens is 285 g/mol. The normalized spacial score (nSPS) is 14.8. The van der Waals surface area contributed by atoms with Crippen LogP contribution in [0.1, 0.15) is 37.6 Å². The topological polar surface area (TPSA) is 83.5 Å². The molecule has 0 saturated carbocycles. The lowest BCUT2D eigenvalue weighted by Crippen LogP contribution is -2.37. The Morgan fingerprint density at radius 3 is 2.50 bits per heavy atom. The Morgan fingerprint density at radius 1 is 1.40 bits per heavy atom. The van der Waals surface area contributed by atoms with Crippen molar-refractivity contribution in [1.82, 2.24) is 4.72 Å². The number of carboxylic acids is 1. The lowest BCUT2D eigenvalue weighted by molar-refractivity contribution is 0.0696. The average Bonchev–Trinajstić information content (AvgIpc) is 2.37. The van der Waals surface area contributed by atoms with Crippen LogP contribution in [0.2, 0.25) is 0 Å². The van der Waals surface area contributed by atoms with E-state index in [0.717, 1.165) is 24.6 Å². The molecule has 0 aliphatic heterocycles. The minimum absolute atomic E-state index is 0.0792. The zero-order valence-corrected chi connectivity index (χ0v) is 12.4. The van der Waals surface area contributed by atoms with Gasteiger partial charge in [-0.2, -0.15) is 0 Å². The van der Waals surface area contributed by atoms with Gasteiger partial charge in [-0.05, 0) is 31.0 Å². The van der Waals surface area contributed by atoms with E-state index >= 15 is 0 Å². The third-order valence-electron chi connectivity index (χ3n) is 3.31. The number of carboxylic acid groups (broad SMARTS) is 1. The highest BCUT2D eigenvalue weighted by atomic mass is 32.2. The number of nitrogens with one attached hydrogen (secondary N) is 1. The standard InChI is InChI=1S/C13H18FNO4S/c1-4-8(2)9(3)15-20(18,19)12-7-10(13(16)17)5-6-11(12)14/h5-9,15H,4H2,1-3H3,(H,16,17). The Labute approximate surface area is 117 Å². The van der Waals surface area contributed by atoms with Crippen LogP contribution in [0.25, 0.3) is 0 Å². The van der Waals surface area contributed by atoms with Crippen molar-refractivity contribution in [3.8, 4) is 0 Å². The predicted octanol–water partition coefficient (Wildman–Crippen LogP) is 2.24. The Balaban J connectivity index is 3.15. The molecule has 0 heterocycles. The summed E-state index contributed by atoms with van der Waals surface area (Å²) in [5, 5.41) is 8.84. The largest absolute Gasteiger partial charge is 0.478 e. The summed E-state index contributed by atoms with van der Waals surface area (Å²) in [6, 6.07) is 2.31. The number of hydrogen-bond donors (Lipinski definition) is 2. The first kappa shape index (κ1) is 16.6. The molecule has 20 heavy (non-hydrogen) atoms.